The largest absolute Gasteiger partial charge is 0.326 e. The molecule has 0 aliphatic rings. The van der Waals surface area contributed by atoms with Gasteiger partial charge in [-0.1, -0.05) is 45.9 Å². The second-order valence-corrected chi connectivity index (χ2v) is 7.53. The van der Waals surface area contributed by atoms with Crippen molar-refractivity contribution in [2.24, 2.45) is 0 Å². The van der Waals surface area contributed by atoms with Gasteiger partial charge in [0, 0.05) is 16.9 Å². The van der Waals surface area contributed by atoms with Gasteiger partial charge >= 0.3 is 0 Å². The molecule has 148 valence electrons. The van der Waals surface area contributed by atoms with Gasteiger partial charge in [-0.15, -0.1) is 0 Å². The van der Waals surface area contributed by atoms with Gasteiger partial charge in [-0.3, -0.25) is 14.4 Å². The van der Waals surface area contributed by atoms with Crippen LogP contribution in [0.1, 0.15) is 74.4 Å². The predicted molar refractivity (Wildman–Crippen MR) is 113 cm³/mol. The number of anilines is 2. The maximum absolute atomic E-state index is 12.5. The zero-order valence-corrected chi connectivity index (χ0v) is 17.1. The van der Waals surface area contributed by atoms with Crippen molar-refractivity contribution in [2.45, 2.75) is 52.9 Å². The van der Waals surface area contributed by atoms with Gasteiger partial charge in [0.1, 0.15) is 6.42 Å². The fourth-order valence-corrected chi connectivity index (χ4v) is 3.02. The highest BCUT2D eigenvalue weighted by Crippen LogP contribution is 2.32. The van der Waals surface area contributed by atoms with Crippen LogP contribution in [-0.4, -0.2) is 17.6 Å². The van der Waals surface area contributed by atoms with E-state index < -0.39 is 5.91 Å². The van der Waals surface area contributed by atoms with E-state index in [9.17, 15) is 14.4 Å². The Bertz CT molecular complexity index is 842. The smallest absolute Gasteiger partial charge is 0.233 e. The van der Waals surface area contributed by atoms with Crippen LogP contribution in [0.15, 0.2) is 42.5 Å². The standard InChI is InChI=1S/C23H28N2O3/c1-14(2)19-7-6-8-20(15(3)4)23(19)25-22(28)13-21(27)24-18-11-9-17(10-12-18)16(5)26/h6-12,14-15H,13H2,1-5H3,(H,24,27)(H,25,28). The first-order chi connectivity index (χ1) is 13.2. The lowest BCUT2D eigenvalue weighted by molar-refractivity contribution is -0.123. The molecule has 2 aromatic rings. The average molecular weight is 380 g/mol. The molecule has 5 nitrogen and oxygen atoms in total. The van der Waals surface area contributed by atoms with Crippen LogP contribution in [-0.2, 0) is 9.59 Å². The molecule has 0 aliphatic carbocycles. The number of ketones is 1. The first-order valence-corrected chi connectivity index (χ1v) is 9.52. The van der Waals surface area contributed by atoms with Crippen molar-refractivity contribution in [1.82, 2.24) is 0 Å². The zero-order valence-electron chi connectivity index (χ0n) is 17.1. The van der Waals surface area contributed by atoms with Crippen LogP contribution in [0, 0.1) is 0 Å². The number of hydrogen-bond acceptors (Lipinski definition) is 3. The third-order valence-electron chi connectivity index (χ3n) is 4.53. The Morgan fingerprint density at radius 2 is 1.29 bits per heavy atom. The van der Waals surface area contributed by atoms with Gasteiger partial charge in [0.2, 0.25) is 11.8 Å². The summed E-state index contributed by atoms with van der Waals surface area (Å²) < 4.78 is 0. The van der Waals surface area contributed by atoms with Gasteiger partial charge in [-0.2, -0.15) is 0 Å². The van der Waals surface area contributed by atoms with E-state index in [2.05, 4.69) is 38.3 Å². The minimum Gasteiger partial charge on any atom is -0.326 e. The van der Waals surface area contributed by atoms with Crippen molar-refractivity contribution in [3.8, 4) is 0 Å². The fraction of sp³-hybridized carbons (Fsp3) is 0.348. The first-order valence-electron chi connectivity index (χ1n) is 9.52. The van der Waals surface area contributed by atoms with E-state index in [0.717, 1.165) is 16.8 Å². The Balaban J connectivity index is 2.07. The van der Waals surface area contributed by atoms with Crippen LogP contribution in [0.25, 0.3) is 0 Å². The molecule has 2 N–H and O–H groups in total. The summed E-state index contributed by atoms with van der Waals surface area (Å²) in [6, 6.07) is 12.6. The van der Waals surface area contributed by atoms with Crippen molar-refractivity contribution in [1.29, 1.82) is 0 Å². The van der Waals surface area contributed by atoms with Gasteiger partial charge in [0.15, 0.2) is 5.78 Å². The number of rotatable bonds is 7. The van der Waals surface area contributed by atoms with E-state index in [1.807, 2.05) is 18.2 Å². The summed E-state index contributed by atoms with van der Waals surface area (Å²) in [5.74, 6) is -0.290. The molecule has 0 saturated carbocycles. The summed E-state index contributed by atoms with van der Waals surface area (Å²) in [5.41, 5.74) is 4.03. The van der Waals surface area contributed by atoms with Crippen LogP contribution in [0.3, 0.4) is 0 Å². The summed E-state index contributed by atoms with van der Waals surface area (Å²) in [5, 5.41) is 5.63. The molecule has 2 rings (SSSR count). The Hall–Kier alpha value is -2.95. The molecule has 0 unspecified atom stereocenters. The van der Waals surface area contributed by atoms with Gasteiger partial charge in [0.05, 0.1) is 0 Å². The molecule has 0 atom stereocenters. The molecule has 5 heteroatoms. The average Bonchev–Trinajstić information content (AvgIpc) is 2.61. The molecule has 0 aromatic heterocycles. The molecular formula is C23H28N2O3. The first kappa shape index (κ1) is 21.4. The molecule has 0 fully saturated rings. The highest BCUT2D eigenvalue weighted by atomic mass is 16.2. The summed E-state index contributed by atoms with van der Waals surface area (Å²) >= 11 is 0. The molecule has 2 amide bonds. The summed E-state index contributed by atoms with van der Waals surface area (Å²) in [6.07, 6.45) is -0.279. The van der Waals surface area contributed by atoms with Crippen LogP contribution < -0.4 is 10.6 Å². The van der Waals surface area contributed by atoms with E-state index >= 15 is 0 Å². The van der Waals surface area contributed by atoms with Crippen LogP contribution in [0.4, 0.5) is 11.4 Å². The quantitative estimate of drug-likeness (QED) is 0.518. The van der Waals surface area contributed by atoms with Crippen molar-refractivity contribution in [2.75, 3.05) is 10.6 Å². The second-order valence-electron chi connectivity index (χ2n) is 7.53. The Labute approximate surface area is 166 Å². The molecular weight excluding hydrogens is 352 g/mol. The Morgan fingerprint density at radius 3 is 1.75 bits per heavy atom. The van der Waals surface area contributed by atoms with Crippen molar-refractivity contribution < 1.29 is 14.4 Å². The molecule has 0 saturated heterocycles. The molecule has 2 aromatic carbocycles. The molecule has 0 bridgehead atoms. The topological polar surface area (TPSA) is 75.3 Å². The molecule has 0 radical (unpaired) electrons. The van der Waals surface area contributed by atoms with Crippen molar-refractivity contribution in [3.63, 3.8) is 0 Å². The monoisotopic (exact) mass is 380 g/mol. The lowest BCUT2D eigenvalue weighted by atomic mass is 9.92. The molecule has 0 aliphatic heterocycles. The lowest BCUT2D eigenvalue weighted by Crippen LogP contribution is -2.23. The number of carbonyl (C=O) groups excluding carboxylic acids is 3. The third kappa shape index (κ3) is 5.52. The number of hydrogen-bond donors (Lipinski definition) is 2. The Kier molecular flexibility index (Phi) is 7.10. The molecule has 28 heavy (non-hydrogen) atoms. The highest BCUT2D eigenvalue weighted by Gasteiger charge is 2.17. The van der Waals surface area contributed by atoms with E-state index in [-0.39, 0.29) is 29.9 Å². The number of benzene rings is 2. The summed E-state index contributed by atoms with van der Waals surface area (Å²) in [6.45, 7) is 9.79. The van der Waals surface area contributed by atoms with E-state index in [0.29, 0.717) is 11.3 Å². The number of carbonyl (C=O) groups is 3. The molecule has 0 heterocycles. The van der Waals surface area contributed by atoms with Crippen LogP contribution in [0.5, 0.6) is 0 Å². The summed E-state index contributed by atoms with van der Waals surface area (Å²) in [4.78, 5) is 36.0. The Morgan fingerprint density at radius 1 is 0.786 bits per heavy atom. The lowest BCUT2D eigenvalue weighted by Gasteiger charge is -2.20. The zero-order chi connectivity index (χ0) is 20.8. The van der Waals surface area contributed by atoms with Crippen LogP contribution in [0.2, 0.25) is 0 Å². The predicted octanol–water partition coefficient (Wildman–Crippen LogP) is 5.10. The molecule has 0 spiro atoms. The van der Waals surface area contributed by atoms with Gasteiger partial charge in [0.25, 0.3) is 0 Å². The third-order valence-corrected chi connectivity index (χ3v) is 4.53. The highest BCUT2D eigenvalue weighted by molar-refractivity contribution is 6.08. The number of amides is 2. The normalized spacial score (nSPS) is 10.8. The van der Waals surface area contributed by atoms with Crippen LogP contribution >= 0.6 is 0 Å². The van der Waals surface area contributed by atoms with Gasteiger partial charge in [-0.25, -0.2) is 0 Å². The van der Waals surface area contributed by atoms with E-state index in [1.165, 1.54) is 6.92 Å². The number of para-hydroxylation sites is 1. The minimum absolute atomic E-state index is 0.0398. The number of nitrogens with one attached hydrogen (secondary N) is 2. The second kappa shape index (κ2) is 9.31. The van der Waals surface area contributed by atoms with Crippen molar-refractivity contribution >= 4 is 29.0 Å². The van der Waals surface area contributed by atoms with Crippen molar-refractivity contribution in [3.05, 3.63) is 59.2 Å². The maximum atomic E-state index is 12.5. The van der Waals surface area contributed by atoms with E-state index in [4.69, 9.17) is 0 Å². The number of Topliss-reactive ketones (excluding diaryl/α,β-unsaturated/α-hetero) is 1. The van der Waals surface area contributed by atoms with Gasteiger partial charge < -0.3 is 10.6 Å². The minimum atomic E-state index is -0.402. The SMILES string of the molecule is CC(=O)c1ccc(NC(=O)CC(=O)Nc2c(C(C)C)cccc2C(C)C)cc1. The fourth-order valence-electron chi connectivity index (χ4n) is 3.02. The van der Waals surface area contributed by atoms with Gasteiger partial charge in [-0.05, 0) is 54.2 Å². The maximum Gasteiger partial charge on any atom is 0.233 e. The summed E-state index contributed by atoms with van der Waals surface area (Å²) in [7, 11) is 0. The van der Waals surface area contributed by atoms with E-state index in [1.54, 1.807) is 24.3 Å².